The molecule has 3 rings (SSSR count). The van der Waals surface area contributed by atoms with Gasteiger partial charge in [-0.25, -0.2) is 0 Å². The summed E-state index contributed by atoms with van der Waals surface area (Å²) in [6.45, 7) is 4.82. The van der Waals surface area contributed by atoms with E-state index >= 15 is 0 Å². The van der Waals surface area contributed by atoms with Gasteiger partial charge in [0.25, 0.3) is 0 Å². The highest BCUT2D eigenvalue weighted by molar-refractivity contribution is 5.81. The van der Waals surface area contributed by atoms with Crippen molar-refractivity contribution in [2.45, 2.75) is 20.4 Å². The number of aryl methyl sites for hydroxylation is 2. The van der Waals surface area contributed by atoms with E-state index in [1.165, 1.54) is 5.56 Å². The molecular formula is C13H15N5. The highest BCUT2D eigenvalue weighted by Crippen LogP contribution is 2.18. The molecule has 3 N–H and O–H groups in total. The molecular weight excluding hydrogens is 226 g/mol. The maximum atomic E-state index is 4.19. The van der Waals surface area contributed by atoms with Gasteiger partial charge in [-0.05, 0) is 32.0 Å². The van der Waals surface area contributed by atoms with Crippen molar-refractivity contribution in [1.82, 2.24) is 20.4 Å². The van der Waals surface area contributed by atoms with Crippen LogP contribution in [0.15, 0.2) is 24.4 Å². The molecule has 0 amide bonds. The number of aromatic amines is 2. The molecule has 0 saturated heterocycles. The van der Waals surface area contributed by atoms with Crippen LogP contribution in [0.4, 0.5) is 5.69 Å². The number of rotatable bonds is 3. The van der Waals surface area contributed by atoms with Gasteiger partial charge >= 0.3 is 0 Å². The predicted molar refractivity (Wildman–Crippen MR) is 71.5 cm³/mol. The van der Waals surface area contributed by atoms with Gasteiger partial charge in [-0.3, -0.25) is 10.2 Å². The van der Waals surface area contributed by atoms with Crippen molar-refractivity contribution in [3.8, 4) is 0 Å². The molecule has 92 valence electrons. The molecule has 2 aromatic heterocycles. The summed E-state index contributed by atoms with van der Waals surface area (Å²) in [4.78, 5) is 0. The van der Waals surface area contributed by atoms with Gasteiger partial charge in [0.05, 0.1) is 17.4 Å². The average molecular weight is 241 g/mol. The van der Waals surface area contributed by atoms with Gasteiger partial charge < -0.3 is 5.32 Å². The number of nitrogens with one attached hydrogen (secondary N) is 3. The fourth-order valence-corrected chi connectivity index (χ4v) is 2.07. The molecule has 5 nitrogen and oxygen atoms in total. The molecule has 0 saturated carbocycles. The lowest BCUT2D eigenvalue weighted by Gasteiger charge is -2.06. The zero-order valence-corrected chi connectivity index (χ0v) is 10.4. The Morgan fingerprint density at radius 1 is 1.22 bits per heavy atom. The van der Waals surface area contributed by atoms with Gasteiger partial charge in [0.1, 0.15) is 0 Å². The van der Waals surface area contributed by atoms with Crippen molar-refractivity contribution in [2.75, 3.05) is 5.32 Å². The number of hydrogen-bond acceptors (Lipinski definition) is 3. The first-order valence-electron chi connectivity index (χ1n) is 5.91. The molecule has 0 bridgehead atoms. The Bertz CT molecular complexity index is 660. The van der Waals surface area contributed by atoms with Crippen molar-refractivity contribution in [3.63, 3.8) is 0 Å². The number of anilines is 1. The van der Waals surface area contributed by atoms with Crippen LogP contribution < -0.4 is 5.32 Å². The summed E-state index contributed by atoms with van der Waals surface area (Å²) >= 11 is 0. The minimum absolute atomic E-state index is 0.772. The third-order valence-electron chi connectivity index (χ3n) is 3.19. The van der Waals surface area contributed by atoms with Crippen LogP contribution in [0.3, 0.4) is 0 Å². The summed E-state index contributed by atoms with van der Waals surface area (Å²) in [5.74, 6) is 0. The van der Waals surface area contributed by atoms with E-state index in [2.05, 4.69) is 43.9 Å². The highest BCUT2D eigenvalue weighted by atomic mass is 15.1. The fraction of sp³-hybridized carbons (Fsp3) is 0.231. The van der Waals surface area contributed by atoms with Crippen LogP contribution in [0.25, 0.3) is 10.9 Å². The quantitative estimate of drug-likeness (QED) is 0.660. The second-order valence-corrected chi connectivity index (χ2v) is 4.44. The smallest absolute Gasteiger partial charge is 0.0670 e. The third kappa shape index (κ3) is 1.84. The van der Waals surface area contributed by atoms with Crippen molar-refractivity contribution >= 4 is 16.6 Å². The van der Waals surface area contributed by atoms with E-state index in [1.54, 1.807) is 0 Å². The molecule has 0 unspecified atom stereocenters. The summed E-state index contributed by atoms with van der Waals surface area (Å²) in [5.41, 5.74) is 5.50. The second-order valence-electron chi connectivity index (χ2n) is 4.44. The lowest BCUT2D eigenvalue weighted by molar-refractivity contribution is 1.02. The molecule has 0 aliphatic carbocycles. The average Bonchev–Trinajstić information content (AvgIpc) is 2.94. The number of fused-ring (bicyclic) bond motifs is 1. The number of hydrogen-bond donors (Lipinski definition) is 3. The summed E-state index contributed by atoms with van der Waals surface area (Å²) in [6, 6.07) is 6.17. The van der Waals surface area contributed by atoms with Crippen molar-refractivity contribution < 1.29 is 0 Å². The van der Waals surface area contributed by atoms with Crippen LogP contribution in [0.5, 0.6) is 0 Å². The summed E-state index contributed by atoms with van der Waals surface area (Å²) in [5, 5.41) is 18.7. The minimum atomic E-state index is 0.772. The molecule has 0 aliphatic heterocycles. The van der Waals surface area contributed by atoms with E-state index in [0.717, 1.165) is 34.5 Å². The van der Waals surface area contributed by atoms with Gasteiger partial charge in [0.2, 0.25) is 0 Å². The van der Waals surface area contributed by atoms with Crippen LogP contribution in [0.1, 0.15) is 17.0 Å². The molecule has 1 aromatic carbocycles. The van der Waals surface area contributed by atoms with Crippen LogP contribution in [0.2, 0.25) is 0 Å². The Kier molecular flexibility index (Phi) is 2.51. The first-order chi connectivity index (χ1) is 8.74. The molecule has 3 aromatic rings. The second kappa shape index (κ2) is 4.18. The van der Waals surface area contributed by atoms with E-state index in [9.17, 15) is 0 Å². The molecule has 0 atom stereocenters. The molecule has 2 heterocycles. The van der Waals surface area contributed by atoms with Crippen molar-refractivity contribution in [2.24, 2.45) is 0 Å². The molecule has 18 heavy (non-hydrogen) atoms. The molecule has 0 spiro atoms. The Labute approximate surface area is 105 Å². The van der Waals surface area contributed by atoms with Gasteiger partial charge in [-0.15, -0.1) is 0 Å². The Balaban J connectivity index is 1.80. The molecule has 5 heteroatoms. The zero-order valence-electron chi connectivity index (χ0n) is 10.4. The van der Waals surface area contributed by atoms with Crippen molar-refractivity contribution in [1.29, 1.82) is 0 Å². The number of H-pyrrole nitrogens is 2. The summed E-state index contributed by atoms with van der Waals surface area (Å²) < 4.78 is 0. The monoisotopic (exact) mass is 241 g/mol. The Hall–Kier alpha value is -2.30. The fourth-order valence-electron chi connectivity index (χ4n) is 2.07. The topological polar surface area (TPSA) is 69.4 Å². The Morgan fingerprint density at radius 2 is 2.11 bits per heavy atom. The first-order valence-corrected chi connectivity index (χ1v) is 5.91. The maximum absolute atomic E-state index is 4.19. The maximum Gasteiger partial charge on any atom is 0.0670 e. The predicted octanol–water partition coefficient (Wildman–Crippen LogP) is 2.51. The first kappa shape index (κ1) is 10.8. The van der Waals surface area contributed by atoms with Gasteiger partial charge in [0.15, 0.2) is 0 Å². The van der Waals surface area contributed by atoms with Crippen LogP contribution in [0, 0.1) is 13.8 Å². The highest BCUT2D eigenvalue weighted by Gasteiger charge is 2.06. The van der Waals surface area contributed by atoms with Gasteiger partial charge in [-0.2, -0.15) is 10.2 Å². The molecule has 0 aliphatic rings. The van der Waals surface area contributed by atoms with Crippen LogP contribution in [-0.2, 0) is 6.54 Å². The van der Waals surface area contributed by atoms with E-state index in [4.69, 9.17) is 0 Å². The minimum Gasteiger partial charge on any atom is -0.381 e. The largest absolute Gasteiger partial charge is 0.381 e. The zero-order chi connectivity index (χ0) is 12.5. The number of nitrogens with zero attached hydrogens (tertiary/aromatic N) is 2. The SMILES string of the molecule is Cc1n[nH]c(C)c1CNc1ccc2cn[nH]c2c1. The van der Waals surface area contributed by atoms with E-state index < -0.39 is 0 Å². The normalized spacial score (nSPS) is 11.0. The van der Waals surface area contributed by atoms with E-state index in [1.807, 2.05) is 20.0 Å². The number of aromatic nitrogens is 4. The Morgan fingerprint density at radius 3 is 2.89 bits per heavy atom. The lowest BCUT2D eigenvalue weighted by atomic mass is 10.2. The molecule has 0 fully saturated rings. The standard InChI is InChI=1S/C13H15N5/c1-8-12(9(2)17-16-8)7-14-11-4-3-10-6-15-18-13(10)5-11/h3-6,14H,7H2,1-2H3,(H,15,18)(H,16,17). The number of benzene rings is 1. The third-order valence-corrected chi connectivity index (χ3v) is 3.19. The lowest BCUT2D eigenvalue weighted by Crippen LogP contribution is -2.01. The van der Waals surface area contributed by atoms with E-state index in [0.29, 0.717) is 0 Å². The van der Waals surface area contributed by atoms with Crippen molar-refractivity contribution in [3.05, 3.63) is 41.3 Å². The molecule has 0 radical (unpaired) electrons. The van der Waals surface area contributed by atoms with Gasteiger partial charge in [-0.1, -0.05) is 0 Å². The van der Waals surface area contributed by atoms with Crippen LogP contribution >= 0.6 is 0 Å². The van der Waals surface area contributed by atoms with E-state index in [-0.39, 0.29) is 0 Å². The van der Waals surface area contributed by atoms with Crippen LogP contribution in [-0.4, -0.2) is 20.4 Å². The summed E-state index contributed by atoms with van der Waals surface area (Å²) in [7, 11) is 0. The summed E-state index contributed by atoms with van der Waals surface area (Å²) in [6.07, 6.45) is 1.82. The van der Waals surface area contributed by atoms with Gasteiger partial charge in [0, 0.05) is 28.9 Å².